The van der Waals surface area contributed by atoms with Crippen molar-refractivity contribution < 1.29 is 28.5 Å². The molecule has 2 unspecified atom stereocenters. The van der Waals surface area contributed by atoms with E-state index in [-0.39, 0.29) is 25.4 Å². The van der Waals surface area contributed by atoms with Crippen LogP contribution < -0.4 is 0 Å². The molecule has 0 aliphatic carbocycles. The van der Waals surface area contributed by atoms with Gasteiger partial charge in [-0.25, -0.2) is 0 Å². The molecule has 2 heterocycles. The Kier molecular flexibility index (Phi) is 10.00. The van der Waals surface area contributed by atoms with E-state index in [4.69, 9.17) is 18.9 Å². The number of carbonyl (C=O) groups excluding carboxylic acids is 2. The van der Waals surface area contributed by atoms with Gasteiger partial charge in [-0.15, -0.1) is 0 Å². The lowest BCUT2D eigenvalue weighted by Crippen LogP contribution is -2.30. The number of carbonyl (C=O) groups is 2. The molecule has 0 amide bonds. The van der Waals surface area contributed by atoms with E-state index in [0.717, 1.165) is 19.3 Å². The molecule has 0 aromatic heterocycles. The number of hydrogen-bond donors (Lipinski definition) is 0. The Balaban J connectivity index is 1.60. The van der Waals surface area contributed by atoms with Crippen molar-refractivity contribution in [2.45, 2.75) is 83.3 Å². The predicted octanol–water partition coefficient (Wildman–Crippen LogP) is 3.41. The molecule has 0 bridgehead atoms. The van der Waals surface area contributed by atoms with Gasteiger partial charge in [-0.3, -0.25) is 9.59 Å². The standard InChI is InChI=1S/C20H34O6/c1-2-3-4-5-6-7-8-9-10-11-18(19(21)25-14-16-12-23-16)20(22)26-15-17-13-24-17/h16-18H,2-15H2,1H3. The Morgan fingerprint density at radius 2 is 1.23 bits per heavy atom. The van der Waals surface area contributed by atoms with Crippen LogP contribution in [0.1, 0.15) is 71.1 Å². The van der Waals surface area contributed by atoms with E-state index < -0.39 is 17.9 Å². The normalized spacial score (nSPS) is 21.9. The molecule has 2 atom stereocenters. The predicted molar refractivity (Wildman–Crippen MR) is 96.7 cm³/mol. The molecule has 2 fully saturated rings. The van der Waals surface area contributed by atoms with Crippen molar-refractivity contribution in [2.75, 3.05) is 26.4 Å². The molecule has 6 nitrogen and oxygen atoms in total. The van der Waals surface area contributed by atoms with Crippen LogP contribution in [-0.4, -0.2) is 50.6 Å². The third-order valence-corrected chi connectivity index (χ3v) is 4.79. The second-order valence-corrected chi connectivity index (χ2v) is 7.34. The van der Waals surface area contributed by atoms with Crippen molar-refractivity contribution in [3.05, 3.63) is 0 Å². The summed E-state index contributed by atoms with van der Waals surface area (Å²) in [6.07, 6.45) is 11.2. The maximum absolute atomic E-state index is 12.2. The molecule has 0 radical (unpaired) electrons. The minimum absolute atomic E-state index is 0.00296. The number of unbranched alkanes of at least 4 members (excludes halogenated alkanes) is 8. The maximum atomic E-state index is 12.2. The van der Waals surface area contributed by atoms with Crippen molar-refractivity contribution in [3.8, 4) is 0 Å². The van der Waals surface area contributed by atoms with Crippen molar-refractivity contribution in [1.29, 1.82) is 0 Å². The average molecular weight is 370 g/mol. The van der Waals surface area contributed by atoms with E-state index in [1.54, 1.807) is 0 Å². The topological polar surface area (TPSA) is 77.7 Å². The SMILES string of the molecule is CCCCCCCCCCCC(C(=O)OCC1CO1)C(=O)OCC1CO1. The molecule has 0 aromatic rings. The van der Waals surface area contributed by atoms with Crippen LogP contribution in [0.4, 0.5) is 0 Å². The molecular weight excluding hydrogens is 336 g/mol. The first-order chi connectivity index (χ1) is 12.7. The van der Waals surface area contributed by atoms with Gasteiger partial charge in [-0.2, -0.15) is 0 Å². The lowest BCUT2D eigenvalue weighted by Gasteiger charge is -2.14. The fraction of sp³-hybridized carbons (Fsp3) is 0.900. The molecule has 6 heteroatoms. The summed E-state index contributed by atoms with van der Waals surface area (Å²) in [6, 6.07) is 0. The third kappa shape index (κ3) is 9.53. The van der Waals surface area contributed by atoms with Crippen molar-refractivity contribution in [1.82, 2.24) is 0 Å². The van der Waals surface area contributed by atoms with Crippen molar-refractivity contribution in [3.63, 3.8) is 0 Å². The highest BCUT2D eigenvalue weighted by atomic mass is 16.6. The molecule has 0 spiro atoms. The molecule has 0 aromatic carbocycles. The summed E-state index contributed by atoms with van der Waals surface area (Å²) >= 11 is 0. The zero-order valence-electron chi connectivity index (χ0n) is 16.1. The number of ether oxygens (including phenoxy) is 4. The van der Waals surface area contributed by atoms with Gasteiger partial charge in [0.25, 0.3) is 0 Å². The highest BCUT2D eigenvalue weighted by Gasteiger charge is 2.33. The van der Waals surface area contributed by atoms with Crippen LogP contribution in [-0.2, 0) is 28.5 Å². The molecule has 2 aliphatic heterocycles. The highest BCUT2D eigenvalue weighted by Crippen LogP contribution is 2.19. The number of rotatable bonds is 16. The smallest absolute Gasteiger partial charge is 0.320 e. The van der Waals surface area contributed by atoms with E-state index in [1.165, 1.54) is 38.5 Å². The minimum atomic E-state index is -0.822. The maximum Gasteiger partial charge on any atom is 0.320 e. The molecule has 26 heavy (non-hydrogen) atoms. The lowest BCUT2D eigenvalue weighted by molar-refractivity contribution is -0.163. The Morgan fingerprint density at radius 3 is 1.65 bits per heavy atom. The van der Waals surface area contributed by atoms with Crippen LogP contribution in [0.3, 0.4) is 0 Å². The van der Waals surface area contributed by atoms with Crippen LogP contribution in [0.5, 0.6) is 0 Å². The fourth-order valence-corrected chi connectivity index (χ4v) is 2.87. The Morgan fingerprint density at radius 1 is 0.808 bits per heavy atom. The summed E-state index contributed by atoms with van der Waals surface area (Å²) in [4.78, 5) is 24.5. The van der Waals surface area contributed by atoms with E-state index in [2.05, 4.69) is 6.92 Å². The Bertz CT molecular complexity index is 389. The third-order valence-electron chi connectivity index (χ3n) is 4.79. The lowest BCUT2D eigenvalue weighted by atomic mass is 10.00. The van der Waals surface area contributed by atoms with Gasteiger partial charge in [0.15, 0.2) is 5.92 Å². The van der Waals surface area contributed by atoms with E-state index in [1.807, 2.05) is 0 Å². The minimum Gasteiger partial charge on any atom is -0.462 e. The zero-order valence-corrected chi connectivity index (χ0v) is 16.1. The van der Waals surface area contributed by atoms with Gasteiger partial charge in [-0.1, -0.05) is 64.7 Å². The van der Waals surface area contributed by atoms with Crippen LogP contribution in [0, 0.1) is 5.92 Å². The Hall–Kier alpha value is -1.14. The van der Waals surface area contributed by atoms with E-state index >= 15 is 0 Å². The molecule has 2 saturated heterocycles. The summed E-state index contributed by atoms with van der Waals surface area (Å²) in [5, 5.41) is 0. The molecule has 0 N–H and O–H groups in total. The van der Waals surface area contributed by atoms with Gasteiger partial charge in [-0.05, 0) is 6.42 Å². The van der Waals surface area contributed by atoms with Crippen LogP contribution in [0.25, 0.3) is 0 Å². The first-order valence-corrected chi connectivity index (χ1v) is 10.3. The molecule has 2 rings (SSSR count). The molecule has 2 aliphatic rings. The second-order valence-electron chi connectivity index (χ2n) is 7.34. The monoisotopic (exact) mass is 370 g/mol. The summed E-state index contributed by atoms with van der Waals surface area (Å²) in [7, 11) is 0. The van der Waals surface area contributed by atoms with Crippen molar-refractivity contribution >= 4 is 11.9 Å². The highest BCUT2D eigenvalue weighted by molar-refractivity contribution is 5.94. The molecule has 0 saturated carbocycles. The van der Waals surface area contributed by atoms with Gasteiger partial charge in [0.05, 0.1) is 13.2 Å². The van der Waals surface area contributed by atoms with Crippen molar-refractivity contribution in [2.24, 2.45) is 5.92 Å². The zero-order chi connectivity index (χ0) is 18.6. The van der Waals surface area contributed by atoms with Crippen LogP contribution in [0.15, 0.2) is 0 Å². The Labute approximate surface area is 156 Å². The van der Waals surface area contributed by atoms with Crippen LogP contribution >= 0.6 is 0 Å². The van der Waals surface area contributed by atoms with Crippen LogP contribution in [0.2, 0.25) is 0 Å². The quantitative estimate of drug-likeness (QED) is 0.179. The van der Waals surface area contributed by atoms with E-state index in [9.17, 15) is 9.59 Å². The largest absolute Gasteiger partial charge is 0.462 e. The molecular formula is C20H34O6. The first-order valence-electron chi connectivity index (χ1n) is 10.3. The summed E-state index contributed by atoms with van der Waals surface area (Å²) in [6.45, 7) is 3.93. The number of epoxide rings is 2. The van der Waals surface area contributed by atoms with Gasteiger partial charge < -0.3 is 18.9 Å². The molecule has 150 valence electrons. The summed E-state index contributed by atoms with van der Waals surface area (Å²) in [5.41, 5.74) is 0. The number of esters is 2. The average Bonchev–Trinajstić information content (AvgIpc) is 3.54. The van der Waals surface area contributed by atoms with E-state index in [0.29, 0.717) is 19.6 Å². The number of hydrogen-bond acceptors (Lipinski definition) is 6. The van der Waals surface area contributed by atoms with Gasteiger partial charge in [0.1, 0.15) is 25.4 Å². The van der Waals surface area contributed by atoms with Gasteiger partial charge >= 0.3 is 11.9 Å². The summed E-state index contributed by atoms with van der Waals surface area (Å²) in [5.74, 6) is -1.79. The fourth-order valence-electron chi connectivity index (χ4n) is 2.87. The van der Waals surface area contributed by atoms with Gasteiger partial charge in [0.2, 0.25) is 0 Å². The van der Waals surface area contributed by atoms with Gasteiger partial charge in [0, 0.05) is 0 Å². The first kappa shape index (κ1) is 21.2. The summed E-state index contributed by atoms with van der Waals surface area (Å²) < 4.78 is 20.5. The second kappa shape index (κ2) is 12.3.